The van der Waals surface area contributed by atoms with Gasteiger partial charge in [0.25, 0.3) is 17.3 Å². The number of nitrogens with two attached hydrogens (primary N) is 1. The molecule has 72 valence electrons. The van der Waals surface area contributed by atoms with E-state index in [1.165, 1.54) is 0 Å². The molecule has 1 aromatic heterocycles. The van der Waals surface area contributed by atoms with E-state index >= 15 is 0 Å². The lowest BCUT2D eigenvalue weighted by Crippen LogP contribution is -2.30. The van der Waals surface area contributed by atoms with Crippen molar-refractivity contribution in [2.24, 2.45) is 5.73 Å². The van der Waals surface area contributed by atoms with Crippen molar-refractivity contribution in [2.75, 3.05) is 0 Å². The number of nitrogens with one attached hydrogen (secondary N) is 1. The number of rotatable bonds is 1. The van der Waals surface area contributed by atoms with Gasteiger partial charge in [-0.25, -0.2) is 0 Å². The van der Waals surface area contributed by atoms with Crippen LogP contribution in [-0.4, -0.2) is 11.1 Å². The summed E-state index contributed by atoms with van der Waals surface area (Å²) in [6.07, 6.45) is 0. The molecule has 6 nitrogen and oxygen atoms in total. The molecule has 0 aliphatic heterocycles. The lowest BCUT2D eigenvalue weighted by Gasteiger charge is -2.09. The van der Waals surface area contributed by atoms with Gasteiger partial charge in [0.15, 0.2) is 4.60 Å². The van der Waals surface area contributed by atoms with E-state index in [1.807, 2.05) is 0 Å². The molecule has 0 aromatic carbocycles. The smallest absolute Gasteiger partial charge is 0.296 e. The summed E-state index contributed by atoms with van der Waals surface area (Å²) in [6.45, 7) is 5.35. The molecule has 0 saturated carbocycles. The van der Waals surface area contributed by atoms with Gasteiger partial charge in [-0.15, -0.1) is 0 Å². The van der Waals surface area contributed by atoms with Gasteiger partial charge in [-0.05, 0) is 4.91 Å². The van der Waals surface area contributed by atoms with Gasteiger partial charge in [0.1, 0.15) is 0 Å². The predicted octanol–water partition coefficient (Wildman–Crippen LogP) is -0.0814. The Labute approximate surface area is 74.2 Å². The molecule has 0 unspecified atom stereocenters. The molecule has 0 aliphatic rings. The Kier molecular flexibility index (Phi) is 1.99. The molecule has 1 aromatic rings. The van der Waals surface area contributed by atoms with Crippen molar-refractivity contribution >= 4 is 5.91 Å². The van der Waals surface area contributed by atoms with Crippen LogP contribution >= 0.6 is 0 Å². The first-order chi connectivity index (χ1) is 5.84. The summed E-state index contributed by atoms with van der Waals surface area (Å²) in [5, 5.41) is 2.18. The fraction of sp³-hybridized carbons (Fsp3) is 0.571. The van der Waals surface area contributed by atoms with Crippen molar-refractivity contribution in [1.29, 1.82) is 0 Å². The molecule has 3 N–H and O–H groups in total. The van der Waals surface area contributed by atoms with Gasteiger partial charge in [0.2, 0.25) is 0 Å². The largest absolute Gasteiger partial charge is 0.362 e. The van der Waals surface area contributed by atoms with Crippen molar-refractivity contribution in [3.8, 4) is 0 Å². The second-order valence-electron chi connectivity index (χ2n) is 3.79. The molecule has 0 aliphatic carbocycles. The summed E-state index contributed by atoms with van der Waals surface area (Å²) in [5.74, 6) is -0.705. The van der Waals surface area contributed by atoms with Crippen molar-refractivity contribution in [2.45, 2.75) is 26.2 Å². The number of primary amides is 1. The number of amides is 1. The maximum Gasteiger partial charge on any atom is 0.296 e. The number of H-pyrrole nitrogens is 1. The fourth-order valence-electron chi connectivity index (χ4n) is 1.09. The SMILES string of the molecule is CC(C)(C)c1c(C(N)=O)[nH]o[n+]1=O. The molecule has 13 heavy (non-hydrogen) atoms. The van der Waals surface area contributed by atoms with Gasteiger partial charge < -0.3 is 5.73 Å². The Morgan fingerprint density at radius 2 is 2.08 bits per heavy atom. The molecule has 0 atom stereocenters. The molecule has 0 radical (unpaired) electrons. The van der Waals surface area contributed by atoms with E-state index in [1.54, 1.807) is 20.8 Å². The summed E-state index contributed by atoms with van der Waals surface area (Å²) < 4.78 is 4.68. The van der Waals surface area contributed by atoms with Crippen LogP contribution in [0.25, 0.3) is 0 Å². The first-order valence-electron chi connectivity index (χ1n) is 3.79. The monoisotopic (exact) mass is 186 g/mol. The van der Waals surface area contributed by atoms with Gasteiger partial charge in [-0.3, -0.25) is 4.79 Å². The van der Waals surface area contributed by atoms with Gasteiger partial charge in [-0.2, -0.15) is 0 Å². The second-order valence-corrected chi connectivity index (χ2v) is 3.79. The molecule has 1 heterocycles. The molecule has 1 amide bonds. The van der Waals surface area contributed by atoms with Crippen LogP contribution in [0.5, 0.6) is 0 Å². The average molecular weight is 186 g/mol. The zero-order valence-electron chi connectivity index (χ0n) is 7.75. The molecule has 0 spiro atoms. The molecular formula is C7H12N3O3+. The van der Waals surface area contributed by atoms with Crippen molar-refractivity contribution in [3.63, 3.8) is 0 Å². The van der Waals surface area contributed by atoms with Gasteiger partial charge in [0, 0.05) is 5.41 Å². The number of hydrogen-bond donors (Lipinski definition) is 2. The lowest BCUT2D eigenvalue weighted by molar-refractivity contribution is -0.721. The molecule has 0 bridgehead atoms. The minimum absolute atomic E-state index is 0.0162. The summed E-state index contributed by atoms with van der Waals surface area (Å²) in [4.78, 5) is 22.0. The minimum Gasteiger partial charge on any atom is -0.362 e. The maximum absolute atomic E-state index is 11.1. The predicted molar refractivity (Wildman–Crippen MR) is 43.6 cm³/mol. The number of aromatic amines is 1. The van der Waals surface area contributed by atoms with Crippen LogP contribution in [0.15, 0.2) is 4.63 Å². The summed E-state index contributed by atoms with van der Waals surface area (Å²) >= 11 is 0. The number of nitrogens with zero attached hydrogens (tertiary/aromatic N) is 1. The molecule has 0 fully saturated rings. The summed E-state index contributed by atoms with van der Waals surface area (Å²) in [7, 11) is 0. The van der Waals surface area contributed by atoms with Crippen molar-refractivity contribution in [3.05, 3.63) is 16.3 Å². The van der Waals surface area contributed by atoms with E-state index in [-0.39, 0.29) is 16.0 Å². The standard InChI is InChI=1S/C7H11N3O3/c1-7(2,3)5-4(6(8)11)9-13-10(5)12/h1-3H3,(H2-,8,9,11,12)/p+1. The van der Waals surface area contributed by atoms with E-state index in [4.69, 9.17) is 5.73 Å². The zero-order valence-corrected chi connectivity index (χ0v) is 7.75. The van der Waals surface area contributed by atoms with Gasteiger partial charge in [0.05, 0.1) is 0 Å². The molecule has 0 saturated heterocycles. The lowest BCUT2D eigenvalue weighted by atomic mass is 9.90. The van der Waals surface area contributed by atoms with E-state index in [0.29, 0.717) is 0 Å². The maximum atomic E-state index is 11.1. The topological polar surface area (TPSA) is 95.0 Å². The van der Waals surface area contributed by atoms with Crippen LogP contribution in [0, 0.1) is 4.91 Å². The molecule has 6 heteroatoms. The fourth-order valence-corrected chi connectivity index (χ4v) is 1.09. The highest BCUT2D eigenvalue weighted by Crippen LogP contribution is 2.20. The highest BCUT2D eigenvalue weighted by Gasteiger charge is 2.34. The number of carbonyl (C=O) groups is 1. The normalized spacial score (nSPS) is 11.6. The van der Waals surface area contributed by atoms with Crippen LogP contribution in [0.3, 0.4) is 0 Å². The average Bonchev–Trinajstić information content (AvgIpc) is 2.28. The summed E-state index contributed by atoms with van der Waals surface area (Å²) in [5.41, 5.74) is 4.78. The van der Waals surface area contributed by atoms with E-state index in [2.05, 4.69) is 9.79 Å². The third-order valence-corrected chi connectivity index (χ3v) is 1.61. The highest BCUT2D eigenvalue weighted by atomic mass is 16.7. The Morgan fingerprint density at radius 3 is 2.38 bits per heavy atom. The van der Waals surface area contributed by atoms with Crippen LogP contribution in [0.1, 0.15) is 37.0 Å². The van der Waals surface area contributed by atoms with Crippen LogP contribution < -0.4 is 10.3 Å². The van der Waals surface area contributed by atoms with Gasteiger partial charge >= 0.3 is 0 Å². The molecule has 1 rings (SSSR count). The first-order valence-corrected chi connectivity index (χ1v) is 3.79. The quantitative estimate of drug-likeness (QED) is 0.642. The zero-order chi connectivity index (χ0) is 10.2. The van der Waals surface area contributed by atoms with Crippen molar-refractivity contribution < 1.29 is 14.0 Å². The third kappa shape index (κ3) is 1.61. The third-order valence-electron chi connectivity index (χ3n) is 1.61. The van der Waals surface area contributed by atoms with E-state index in [0.717, 1.165) is 0 Å². The number of aromatic nitrogens is 2. The summed E-state index contributed by atoms with van der Waals surface area (Å²) in [6, 6.07) is 0. The molecular weight excluding hydrogens is 174 g/mol. The van der Waals surface area contributed by atoms with Gasteiger partial charge in [-0.1, -0.05) is 30.6 Å². The van der Waals surface area contributed by atoms with E-state index in [9.17, 15) is 9.70 Å². The highest BCUT2D eigenvalue weighted by molar-refractivity contribution is 5.91. The Bertz CT molecular complexity index is 382. The Hall–Kier alpha value is -1.59. The van der Waals surface area contributed by atoms with Crippen LogP contribution in [-0.2, 0) is 5.41 Å². The minimum atomic E-state index is -0.705. The Morgan fingerprint density at radius 1 is 1.54 bits per heavy atom. The van der Waals surface area contributed by atoms with Crippen LogP contribution in [0.4, 0.5) is 0 Å². The van der Waals surface area contributed by atoms with E-state index < -0.39 is 11.3 Å². The van der Waals surface area contributed by atoms with Crippen LogP contribution in [0.2, 0.25) is 0 Å². The number of hydrogen-bond acceptors (Lipinski definition) is 3. The first kappa shape index (κ1) is 9.50. The van der Waals surface area contributed by atoms with Crippen molar-refractivity contribution in [1.82, 2.24) is 5.16 Å². The Balaban J connectivity index is 3.42. The number of carbonyl (C=O) groups excluding carboxylic acids is 1. The second kappa shape index (κ2) is 2.72.